The summed E-state index contributed by atoms with van der Waals surface area (Å²) in [5.41, 5.74) is 6.72. The van der Waals surface area contributed by atoms with Crippen molar-refractivity contribution in [1.29, 1.82) is 0 Å². The number of nitrogens with one attached hydrogen (secondary N) is 4. The number of nitrogens with zero attached hydrogens (tertiary/aromatic N) is 2. The van der Waals surface area contributed by atoms with E-state index >= 15 is 0 Å². The van der Waals surface area contributed by atoms with Gasteiger partial charge in [0, 0.05) is 23.5 Å². The molecule has 0 aliphatic carbocycles. The second-order valence-electron chi connectivity index (χ2n) is 6.46. The topological polar surface area (TPSA) is 97.9 Å². The number of rotatable bonds is 4. The summed E-state index contributed by atoms with van der Waals surface area (Å²) in [4.78, 5) is 24.8. The maximum atomic E-state index is 12.7. The molecule has 0 saturated carbocycles. The predicted octanol–water partition coefficient (Wildman–Crippen LogP) is 3.34. The first-order valence-electron chi connectivity index (χ1n) is 8.56. The second-order valence-corrected chi connectivity index (χ2v) is 6.46. The van der Waals surface area contributed by atoms with Crippen molar-refractivity contribution in [2.24, 2.45) is 5.10 Å². The van der Waals surface area contributed by atoms with Crippen molar-refractivity contribution < 1.29 is 9.59 Å². The zero-order valence-corrected chi connectivity index (χ0v) is 15.2. The number of para-hydroxylation sites is 2. The van der Waals surface area contributed by atoms with Crippen LogP contribution in [0.1, 0.15) is 20.3 Å². The van der Waals surface area contributed by atoms with E-state index in [9.17, 15) is 9.59 Å². The summed E-state index contributed by atoms with van der Waals surface area (Å²) in [5.74, 6) is 0. The lowest BCUT2D eigenvalue weighted by molar-refractivity contribution is 0.117. The van der Waals surface area contributed by atoms with Gasteiger partial charge in [0.1, 0.15) is 5.66 Å². The molecule has 27 heavy (non-hydrogen) atoms. The first-order valence-corrected chi connectivity index (χ1v) is 8.56. The molecule has 8 nitrogen and oxygen atoms in total. The molecule has 8 heteroatoms. The molecule has 1 aliphatic rings. The fourth-order valence-electron chi connectivity index (χ4n) is 2.83. The summed E-state index contributed by atoms with van der Waals surface area (Å²) >= 11 is 0. The number of anilines is 2. The van der Waals surface area contributed by atoms with Crippen molar-refractivity contribution in [2.75, 3.05) is 10.6 Å². The highest BCUT2D eigenvalue weighted by Gasteiger charge is 2.41. The molecule has 0 bridgehead atoms. The number of carbonyl (C=O) groups excluding carboxylic acids is 2. The first-order chi connectivity index (χ1) is 13.0. The third-order valence-electron chi connectivity index (χ3n) is 4.03. The van der Waals surface area contributed by atoms with Gasteiger partial charge in [-0.2, -0.15) is 10.1 Å². The van der Waals surface area contributed by atoms with E-state index in [-0.39, 0.29) is 0 Å². The number of carbonyl (C=O) groups is 2. The van der Waals surface area contributed by atoms with Crippen molar-refractivity contribution >= 4 is 29.1 Å². The molecule has 3 rings (SSSR count). The van der Waals surface area contributed by atoms with Gasteiger partial charge in [0.25, 0.3) is 0 Å². The molecule has 0 fully saturated rings. The van der Waals surface area contributed by atoms with Crippen LogP contribution in [0, 0.1) is 0 Å². The molecule has 1 aliphatic heterocycles. The molecule has 0 saturated heterocycles. The zero-order chi connectivity index (χ0) is 19.3. The normalized spacial score (nSPS) is 18.6. The Hall–Kier alpha value is -3.39. The summed E-state index contributed by atoms with van der Waals surface area (Å²) in [6.07, 6.45) is 0.473. The number of amides is 4. The number of benzene rings is 2. The Bertz CT molecular complexity index is 840. The van der Waals surface area contributed by atoms with Gasteiger partial charge in [-0.15, -0.1) is 0 Å². The smallest absolute Gasteiger partial charge is 0.307 e. The number of hydrazone groups is 1. The molecule has 140 valence electrons. The minimum absolute atomic E-state index is 0.390. The van der Waals surface area contributed by atoms with Crippen LogP contribution in [-0.4, -0.2) is 28.4 Å². The molecule has 4 amide bonds. The zero-order valence-electron chi connectivity index (χ0n) is 15.2. The van der Waals surface area contributed by atoms with Crippen LogP contribution in [0.3, 0.4) is 0 Å². The molecule has 0 aromatic heterocycles. The molecular weight excluding hydrogens is 344 g/mol. The number of hydrazine groups is 1. The van der Waals surface area contributed by atoms with E-state index < -0.39 is 17.7 Å². The molecule has 0 spiro atoms. The monoisotopic (exact) mass is 366 g/mol. The van der Waals surface area contributed by atoms with E-state index in [0.717, 1.165) is 5.71 Å². The number of urea groups is 2. The van der Waals surface area contributed by atoms with Crippen LogP contribution in [0.25, 0.3) is 0 Å². The second kappa shape index (κ2) is 7.88. The van der Waals surface area contributed by atoms with Gasteiger partial charge in [-0.3, -0.25) is 5.43 Å². The fraction of sp³-hybridized carbons (Fsp3) is 0.211. The molecular formula is C19H22N6O2. The third-order valence-corrected chi connectivity index (χ3v) is 4.03. The molecule has 2 aromatic rings. The Labute approximate surface area is 157 Å². The Morgan fingerprint density at radius 2 is 1.52 bits per heavy atom. The average molecular weight is 366 g/mol. The Balaban J connectivity index is 1.62. The summed E-state index contributed by atoms with van der Waals surface area (Å²) in [5, 5.41) is 11.1. The quantitative estimate of drug-likeness (QED) is 0.625. The van der Waals surface area contributed by atoms with Gasteiger partial charge in [0.05, 0.1) is 0 Å². The van der Waals surface area contributed by atoms with Gasteiger partial charge in [-0.1, -0.05) is 36.4 Å². The summed E-state index contributed by atoms with van der Waals surface area (Å²) in [6.45, 7) is 3.63. The van der Waals surface area contributed by atoms with Crippen molar-refractivity contribution in [1.82, 2.24) is 15.9 Å². The van der Waals surface area contributed by atoms with E-state index in [1.165, 1.54) is 5.01 Å². The Morgan fingerprint density at radius 3 is 2.11 bits per heavy atom. The van der Waals surface area contributed by atoms with Crippen molar-refractivity contribution in [2.45, 2.75) is 25.9 Å². The van der Waals surface area contributed by atoms with Crippen molar-refractivity contribution in [3.63, 3.8) is 0 Å². The Morgan fingerprint density at radius 1 is 0.963 bits per heavy atom. The van der Waals surface area contributed by atoms with Gasteiger partial charge >= 0.3 is 12.1 Å². The SMILES string of the molecule is CC1=NN(C(=O)Nc2ccccc2)[C@@](C)(NNC(=O)Nc2ccccc2)C1. The average Bonchev–Trinajstić information content (AvgIpc) is 2.97. The molecule has 0 unspecified atom stereocenters. The van der Waals surface area contributed by atoms with E-state index in [4.69, 9.17) is 0 Å². The van der Waals surface area contributed by atoms with Crippen LogP contribution in [0.5, 0.6) is 0 Å². The lowest BCUT2D eigenvalue weighted by atomic mass is 10.1. The minimum Gasteiger partial charge on any atom is -0.307 e. The molecule has 1 atom stereocenters. The van der Waals surface area contributed by atoms with E-state index in [1.807, 2.05) is 43.3 Å². The van der Waals surface area contributed by atoms with Crippen LogP contribution in [0.4, 0.5) is 21.0 Å². The maximum Gasteiger partial charge on any atom is 0.344 e. The third kappa shape index (κ3) is 4.62. The van der Waals surface area contributed by atoms with Crippen LogP contribution in [0.2, 0.25) is 0 Å². The minimum atomic E-state index is -0.892. The summed E-state index contributed by atoms with van der Waals surface area (Å²) in [7, 11) is 0. The molecule has 1 heterocycles. The first kappa shape index (κ1) is 18.4. The number of hydrogen-bond acceptors (Lipinski definition) is 4. The summed E-state index contributed by atoms with van der Waals surface area (Å²) < 4.78 is 0. The molecule has 0 radical (unpaired) electrons. The van der Waals surface area contributed by atoms with Gasteiger partial charge in [-0.25, -0.2) is 15.0 Å². The van der Waals surface area contributed by atoms with Crippen LogP contribution < -0.4 is 21.5 Å². The van der Waals surface area contributed by atoms with Gasteiger partial charge in [0.15, 0.2) is 0 Å². The maximum absolute atomic E-state index is 12.7. The number of hydrogen-bond donors (Lipinski definition) is 4. The van der Waals surface area contributed by atoms with E-state index in [1.54, 1.807) is 31.2 Å². The standard InChI is InChI=1S/C19H22N6O2/c1-14-13-19(2,24-22-17(26)20-15-9-5-3-6-10-15)25(23-14)18(27)21-16-11-7-4-8-12-16/h3-12,24H,13H2,1-2H3,(H,21,27)(H2,20,22,26)/t19-/m1/s1. The van der Waals surface area contributed by atoms with E-state index in [2.05, 4.69) is 26.6 Å². The highest BCUT2D eigenvalue weighted by atomic mass is 16.2. The predicted molar refractivity (Wildman–Crippen MR) is 105 cm³/mol. The van der Waals surface area contributed by atoms with E-state index in [0.29, 0.717) is 17.8 Å². The van der Waals surface area contributed by atoms with Crippen LogP contribution >= 0.6 is 0 Å². The fourth-order valence-corrected chi connectivity index (χ4v) is 2.83. The van der Waals surface area contributed by atoms with Gasteiger partial charge in [0.2, 0.25) is 0 Å². The Kier molecular flexibility index (Phi) is 5.37. The highest BCUT2D eigenvalue weighted by Crippen LogP contribution is 2.25. The van der Waals surface area contributed by atoms with Crippen LogP contribution in [-0.2, 0) is 0 Å². The molecule has 2 aromatic carbocycles. The van der Waals surface area contributed by atoms with Crippen molar-refractivity contribution in [3.05, 3.63) is 60.7 Å². The lowest BCUT2D eigenvalue weighted by Crippen LogP contribution is -2.61. The lowest BCUT2D eigenvalue weighted by Gasteiger charge is -2.33. The highest BCUT2D eigenvalue weighted by molar-refractivity contribution is 5.94. The van der Waals surface area contributed by atoms with Crippen molar-refractivity contribution in [3.8, 4) is 0 Å². The largest absolute Gasteiger partial charge is 0.344 e. The molecule has 4 N–H and O–H groups in total. The summed E-state index contributed by atoms with van der Waals surface area (Å²) in [6, 6.07) is 17.4. The van der Waals surface area contributed by atoms with Crippen LogP contribution in [0.15, 0.2) is 65.8 Å². The van der Waals surface area contributed by atoms with Gasteiger partial charge in [-0.05, 0) is 38.1 Å². The van der Waals surface area contributed by atoms with Gasteiger partial charge < -0.3 is 10.6 Å².